The third-order valence-electron chi connectivity index (χ3n) is 5.83. The Hall–Kier alpha value is -4.01. The largest absolute Gasteiger partial charge is 0.493 e. The van der Waals surface area contributed by atoms with Crippen molar-refractivity contribution in [2.24, 2.45) is 5.41 Å². The molecule has 4 aromatic rings. The Kier molecular flexibility index (Phi) is 7.71. The van der Waals surface area contributed by atoms with Gasteiger partial charge in [-0.3, -0.25) is 14.3 Å². The Morgan fingerprint density at radius 2 is 1.81 bits per heavy atom. The van der Waals surface area contributed by atoms with E-state index in [-0.39, 0.29) is 17.0 Å². The third kappa shape index (κ3) is 5.87. The lowest BCUT2D eigenvalue weighted by Gasteiger charge is -2.17. The molecule has 0 bridgehead atoms. The van der Waals surface area contributed by atoms with Crippen LogP contribution in [0.1, 0.15) is 58.8 Å². The summed E-state index contributed by atoms with van der Waals surface area (Å²) in [5, 5.41) is 7.48. The zero-order chi connectivity index (χ0) is 26.6. The minimum atomic E-state index is -0.531. The van der Waals surface area contributed by atoms with E-state index in [1.807, 2.05) is 64.1 Å². The minimum Gasteiger partial charge on any atom is -0.493 e. The fraction of sp³-hybridized carbons (Fsp3) is 0.393. The number of nitrogens with one attached hydrogen (secondary N) is 2. The van der Waals surface area contributed by atoms with Gasteiger partial charge in [-0.1, -0.05) is 59.2 Å². The molecule has 0 atom stereocenters. The van der Waals surface area contributed by atoms with Crippen LogP contribution < -0.4 is 15.6 Å². The first-order valence-electron chi connectivity index (χ1n) is 12.7. The van der Waals surface area contributed by atoms with E-state index < -0.39 is 5.41 Å². The Morgan fingerprint density at radius 1 is 1.03 bits per heavy atom. The van der Waals surface area contributed by atoms with Crippen molar-refractivity contribution in [1.82, 2.24) is 24.7 Å². The number of benzene rings is 1. The lowest BCUT2D eigenvalue weighted by Crippen LogP contribution is -2.28. The van der Waals surface area contributed by atoms with Gasteiger partial charge in [0.1, 0.15) is 22.9 Å². The van der Waals surface area contributed by atoms with Crippen molar-refractivity contribution in [3.05, 3.63) is 64.2 Å². The molecule has 0 aliphatic heterocycles. The van der Waals surface area contributed by atoms with Crippen molar-refractivity contribution in [3.8, 4) is 17.1 Å². The molecular weight excluding hydrogens is 468 g/mol. The maximum atomic E-state index is 13.1. The van der Waals surface area contributed by atoms with Gasteiger partial charge in [-0.25, -0.2) is 9.97 Å². The molecule has 3 heterocycles. The first kappa shape index (κ1) is 26.1. The quantitative estimate of drug-likeness (QED) is 0.334. The number of amides is 1. The van der Waals surface area contributed by atoms with Crippen molar-refractivity contribution < 1.29 is 9.53 Å². The molecule has 0 radical (unpaired) electrons. The standard InChI is InChI=1S/C28H34N6O3/c1-6-11-20-23-24(26(35)32-25(31-23)19-13-8-9-14-21(19)37-16-7-2)33-34(20)17-18-12-10-15-22(29-18)30-27(36)28(3,4)5/h8-10,12-15H,6-7,11,16-17H2,1-5H3,(H,29,30,36)(H,31,32,35). The normalized spacial score (nSPS) is 11.6. The molecule has 2 N–H and O–H groups in total. The zero-order valence-electron chi connectivity index (χ0n) is 22.1. The lowest BCUT2D eigenvalue weighted by molar-refractivity contribution is -0.123. The van der Waals surface area contributed by atoms with Gasteiger partial charge in [0.2, 0.25) is 5.91 Å². The molecule has 3 aromatic heterocycles. The van der Waals surface area contributed by atoms with E-state index >= 15 is 0 Å². The number of ether oxygens (including phenoxy) is 1. The van der Waals surface area contributed by atoms with Gasteiger partial charge in [-0.05, 0) is 37.1 Å². The van der Waals surface area contributed by atoms with Crippen molar-refractivity contribution in [3.63, 3.8) is 0 Å². The summed E-state index contributed by atoms with van der Waals surface area (Å²) in [7, 11) is 0. The van der Waals surface area contributed by atoms with Crippen LogP contribution in [-0.4, -0.2) is 37.2 Å². The molecule has 0 aliphatic carbocycles. The maximum Gasteiger partial charge on any atom is 0.279 e. The molecule has 0 aliphatic rings. The SMILES string of the molecule is CCCOc1ccccc1-c1nc2c(CCC)n(Cc3cccc(NC(=O)C(C)(C)C)n3)nc2c(=O)[nH]1. The number of aromatic nitrogens is 5. The number of para-hydroxylation sites is 1. The number of H-pyrrole nitrogens is 1. The number of aryl methyl sites for hydroxylation is 1. The van der Waals surface area contributed by atoms with Gasteiger partial charge in [-0.2, -0.15) is 5.10 Å². The summed E-state index contributed by atoms with van der Waals surface area (Å²) >= 11 is 0. The van der Waals surface area contributed by atoms with Crippen LogP contribution in [0.5, 0.6) is 5.75 Å². The number of rotatable bonds is 9. The van der Waals surface area contributed by atoms with Crippen molar-refractivity contribution in [1.29, 1.82) is 0 Å². The average Bonchev–Trinajstić information content (AvgIpc) is 3.20. The first-order valence-corrected chi connectivity index (χ1v) is 12.7. The molecule has 9 nitrogen and oxygen atoms in total. The Bertz CT molecular complexity index is 1470. The van der Waals surface area contributed by atoms with Crippen LogP contribution in [0.4, 0.5) is 5.82 Å². The van der Waals surface area contributed by atoms with Crippen LogP contribution in [0.2, 0.25) is 0 Å². The number of aromatic amines is 1. The summed E-state index contributed by atoms with van der Waals surface area (Å²) in [6.45, 7) is 10.6. The van der Waals surface area contributed by atoms with E-state index in [1.165, 1.54) is 0 Å². The van der Waals surface area contributed by atoms with Gasteiger partial charge in [0, 0.05) is 5.41 Å². The molecule has 37 heavy (non-hydrogen) atoms. The second-order valence-electron chi connectivity index (χ2n) is 10.0. The molecule has 0 saturated heterocycles. The van der Waals surface area contributed by atoms with Crippen LogP contribution in [0.25, 0.3) is 22.4 Å². The van der Waals surface area contributed by atoms with E-state index in [4.69, 9.17) is 9.72 Å². The number of hydrogen-bond acceptors (Lipinski definition) is 6. The Morgan fingerprint density at radius 3 is 2.54 bits per heavy atom. The lowest BCUT2D eigenvalue weighted by atomic mass is 9.96. The van der Waals surface area contributed by atoms with E-state index in [0.29, 0.717) is 48.2 Å². The highest BCUT2D eigenvalue weighted by Crippen LogP contribution is 2.28. The maximum absolute atomic E-state index is 13.1. The summed E-state index contributed by atoms with van der Waals surface area (Å²) < 4.78 is 7.68. The summed E-state index contributed by atoms with van der Waals surface area (Å²) in [6, 6.07) is 13.0. The molecule has 4 rings (SSSR count). The number of nitrogens with zero attached hydrogens (tertiary/aromatic N) is 4. The topological polar surface area (TPSA) is 115 Å². The molecular formula is C28H34N6O3. The monoisotopic (exact) mass is 502 g/mol. The highest BCUT2D eigenvalue weighted by molar-refractivity contribution is 5.93. The number of hydrogen-bond donors (Lipinski definition) is 2. The van der Waals surface area contributed by atoms with Crippen LogP contribution in [0.15, 0.2) is 47.3 Å². The summed E-state index contributed by atoms with van der Waals surface area (Å²) in [6.07, 6.45) is 2.43. The number of fused-ring (bicyclic) bond motifs is 1. The molecule has 194 valence electrons. The minimum absolute atomic E-state index is 0.111. The van der Waals surface area contributed by atoms with E-state index in [0.717, 1.165) is 24.1 Å². The predicted octanol–water partition coefficient (Wildman–Crippen LogP) is 4.96. The Labute approximate surface area is 216 Å². The fourth-order valence-corrected chi connectivity index (χ4v) is 3.90. The molecule has 0 unspecified atom stereocenters. The van der Waals surface area contributed by atoms with Crippen LogP contribution in [-0.2, 0) is 17.8 Å². The van der Waals surface area contributed by atoms with Crippen molar-refractivity contribution in [2.45, 2.75) is 60.4 Å². The molecule has 1 aromatic carbocycles. The summed E-state index contributed by atoms with van der Waals surface area (Å²) in [4.78, 5) is 37.9. The third-order valence-corrected chi connectivity index (χ3v) is 5.83. The molecule has 1 amide bonds. The highest BCUT2D eigenvalue weighted by atomic mass is 16.5. The van der Waals surface area contributed by atoms with Gasteiger partial charge in [0.15, 0.2) is 5.52 Å². The number of carbonyl (C=O) groups excluding carboxylic acids is 1. The van der Waals surface area contributed by atoms with E-state index in [2.05, 4.69) is 27.3 Å². The smallest absolute Gasteiger partial charge is 0.279 e. The predicted molar refractivity (Wildman–Crippen MR) is 145 cm³/mol. The average molecular weight is 503 g/mol. The van der Waals surface area contributed by atoms with Gasteiger partial charge in [0.25, 0.3) is 5.56 Å². The van der Waals surface area contributed by atoms with Crippen molar-refractivity contribution >= 4 is 22.8 Å². The summed E-state index contributed by atoms with van der Waals surface area (Å²) in [5.41, 5.74) is 2.33. The number of pyridine rings is 1. The second kappa shape index (κ2) is 10.9. The van der Waals surface area contributed by atoms with Crippen LogP contribution in [0.3, 0.4) is 0 Å². The Balaban J connectivity index is 1.73. The highest BCUT2D eigenvalue weighted by Gasteiger charge is 2.22. The van der Waals surface area contributed by atoms with Crippen LogP contribution in [0, 0.1) is 5.41 Å². The van der Waals surface area contributed by atoms with Gasteiger partial charge in [-0.15, -0.1) is 0 Å². The zero-order valence-corrected chi connectivity index (χ0v) is 22.1. The van der Waals surface area contributed by atoms with E-state index in [9.17, 15) is 9.59 Å². The molecule has 0 spiro atoms. The second-order valence-corrected chi connectivity index (χ2v) is 10.0. The van der Waals surface area contributed by atoms with Gasteiger partial charge in [0.05, 0.1) is 30.1 Å². The van der Waals surface area contributed by atoms with Crippen LogP contribution >= 0.6 is 0 Å². The van der Waals surface area contributed by atoms with Gasteiger partial charge < -0.3 is 15.0 Å². The number of anilines is 1. The fourth-order valence-electron chi connectivity index (χ4n) is 3.90. The number of carbonyl (C=O) groups is 1. The van der Waals surface area contributed by atoms with Gasteiger partial charge >= 0.3 is 0 Å². The van der Waals surface area contributed by atoms with E-state index in [1.54, 1.807) is 10.7 Å². The summed E-state index contributed by atoms with van der Waals surface area (Å²) in [5.74, 6) is 1.49. The molecule has 0 fully saturated rings. The first-order chi connectivity index (χ1) is 17.7. The molecule has 9 heteroatoms. The molecule has 0 saturated carbocycles. The van der Waals surface area contributed by atoms with Crippen molar-refractivity contribution in [2.75, 3.05) is 11.9 Å².